The molecule has 0 spiro atoms. The van der Waals surface area contributed by atoms with Gasteiger partial charge in [-0.3, -0.25) is 9.59 Å². The molecule has 33 heavy (non-hydrogen) atoms. The fourth-order valence-corrected chi connectivity index (χ4v) is 8.73. The molecule has 0 radical (unpaired) electrons. The van der Waals surface area contributed by atoms with Gasteiger partial charge in [0.2, 0.25) is 12.2 Å². The van der Waals surface area contributed by atoms with E-state index < -0.39 is 0 Å². The number of carbonyl (C=O) groups is 2. The first-order valence-electron chi connectivity index (χ1n) is 12.7. The predicted molar refractivity (Wildman–Crippen MR) is 130 cm³/mol. The highest BCUT2D eigenvalue weighted by Gasteiger charge is 2.66. The van der Waals surface area contributed by atoms with Gasteiger partial charge in [-0.2, -0.15) is 0 Å². The molecule has 4 nitrogen and oxygen atoms in total. The van der Waals surface area contributed by atoms with Gasteiger partial charge in [-0.15, -0.1) is 0 Å². The Hall–Kier alpha value is -2.10. The number of amides is 1. The van der Waals surface area contributed by atoms with Crippen molar-refractivity contribution in [1.29, 1.82) is 0 Å². The van der Waals surface area contributed by atoms with Gasteiger partial charge in [0.15, 0.2) is 5.76 Å². The maximum atomic E-state index is 12.6. The van der Waals surface area contributed by atoms with Gasteiger partial charge < -0.3 is 10.4 Å². The fourth-order valence-electron chi connectivity index (χ4n) is 8.73. The molecule has 3 fully saturated rings. The normalized spacial score (nSPS) is 46.7. The van der Waals surface area contributed by atoms with E-state index in [0.717, 1.165) is 56.1 Å². The molecule has 178 valence electrons. The second-order valence-electron chi connectivity index (χ2n) is 12.9. The van der Waals surface area contributed by atoms with Crippen LogP contribution in [0.4, 0.5) is 0 Å². The van der Waals surface area contributed by atoms with Crippen LogP contribution in [-0.4, -0.2) is 22.8 Å². The summed E-state index contributed by atoms with van der Waals surface area (Å²) in [5.74, 6) is 0.146. The van der Waals surface area contributed by atoms with Gasteiger partial charge in [-0.05, 0) is 98.2 Å². The average Bonchev–Trinajstić information content (AvgIpc) is 2.76. The molecule has 5 aliphatic rings. The monoisotopic (exact) mass is 449 g/mol. The summed E-state index contributed by atoms with van der Waals surface area (Å²) >= 11 is 0. The van der Waals surface area contributed by atoms with Crippen molar-refractivity contribution < 1.29 is 14.7 Å². The van der Waals surface area contributed by atoms with Crippen molar-refractivity contribution in [1.82, 2.24) is 5.32 Å². The molecule has 0 unspecified atom stereocenters. The predicted octanol–water partition coefficient (Wildman–Crippen LogP) is 6.11. The van der Waals surface area contributed by atoms with Crippen molar-refractivity contribution in [3.05, 3.63) is 46.3 Å². The van der Waals surface area contributed by atoms with E-state index >= 15 is 0 Å². The van der Waals surface area contributed by atoms with Gasteiger partial charge in [0.05, 0.1) is 0 Å². The molecule has 5 aliphatic carbocycles. The first kappa shape index (κ1) is 22.7. The summed E-state index contributed by atoms with van der Waals surface area (Å²) < 4.78 is 0. The molecule has 2 N–H and O–H groups in total. The van der Waals surface area contributed by atoms with Gasteiger partial charge in [-0.25, -0.2) is 0 Å². The smallest absolute Gasteiger partial charge is 0.220 e. The number of allylic oxidation sites excluding steroid dienone is 7. The molecule has 0 aliphatic heterocycles. The number of carbonyl (C=O) groups excluding carboxylic acids is 2. The standard InChI is InChI=1S/C29H39NO3/c1-18-19-7-8-22-27(4,20(19)15-21(32)24(18)33)12-14-29(6)23-16-26(3,30-17-31)11-9-25(23,2)10-13-28(22,29)5/h7-8,15,17,23,33H,9-14,16H2,1-6H3,(H,30,31)/t23-,25-,26-,27+,28-,29+/m1/s1. The molecule has 4 heteroatoms. The number of fused-ring (bicyclic) bond motifs is 7. The Labute approximate surface area is 198 Å². The first-order valence-corrected chi connectivity index (χ1v) is 12.7. The van der Waals surface area contributed by atoms with Gasteiger partial charge in [0.1, 0.15) is 0 Å². The Morgan fingerprint density at radius 2 is 1.70 bits per heavy atom. The van der Waals surface area contributed by atoms with E-state index in [4.69, 9.17) is 0 Å². The van der Waals surface area contributed by atoms with E-state index in [-0.39, 0.29) is 33.3 Å². The molecule has 0 saturated heterocycles. The Morgan fingerprint density at radius 1 is 1.00 bits per heavy atom. The van der Waals surface area contributed by atoms with E-state index in [1.807, 2.05) is 6.92 Å². The number of aliphatic hydroxyl groups excluding tert-OH is 1. The third-order valence-electron chi connectivity index (χ3n) is 11.3. The SMILES string of the molecule is CC1=C(O)C(=O)C=C2C1=CC=C1[C@@]2(C)CC[C@@]2(C)[C@@H]3C[C@](C)(NC=O)CC[C@]3(C)CC[C@]12C. The number of hydrogen-bond donors (Lipinski definition) is 2. The van der Waals surface area contributed by atoms with Crippen molar-refractivity contribution in [3.63, 3.8) is 0 Å². The van der Waals surface area contributed by atoms with Gasteiger partial charge in [-0.1, -0.05) is 45.4 Å². The summed E-state index contributed by atoms with van der Waals surface area (Å²) in [5, 5.41) is 13.5. The van der Waals surface area contributed by atoms with E-state index in [2.05, 4.69) is 52.1 Å². The zero-order valence-corrected chi connectivity index (χ0v) is 21.1. The number of hydrogen-bond acceptors (Lipinski definition) is 3. The first-order chi connectivity index (χ1) is 15.3. The lowest BCUT2D eigenvalue weighted by Gasteiger charge is -2.70. The lowest BCUT2D eigenvalue weighted by molar-refractivity contribution is -0.154. The lowest BCUT2D eigenvalue weighted by atomic mass is 9.35. The zero-order chi connectivity index (χ0) is 24.0. The summed E-state index contributed by atoms with van der Waals surface area (Å²) in [5.41, 5.74) is 4.38. The van der Waals surface area contributed by atoms with Crippen LogP contribution in [0.2, 0.25) is 0 Å². The molecule has 0 aromatic heterocycles. The van der Waals surface area contributed by atoms with Crippen LogP contribution in [0.3, 0.4) is 0 Å². The molecule has 1 amide bonds. The lowest BCUT2D eigenvalue weighted by Crippen LogP contribution is -2.63. The molecule has 0 heterocycles. The maximum Gasteiger partial charge on any atom is 0.220 e. The van der Waals surface area contributed by atoms with Crippen molar-refractivity contribution in [2.24, 2.45) is 27.6 Å². The average molecular weight is 450 g/mol. The van der Waals surface area contributed by atoms with Crippen LogP contribution < -0.4 is 5.32 Å². The van der Waals surface area contributed by atoms with Crippen molar-refractivity contribution in [3.8, 4) is 0 Å². The van der Waals surface area contributed by atoms with E-state index in [1.165, 1.54) is 12.0 Å². The van der Waals surface area contributed by atoms with Crippen molar-refractivity contribution in [2.75, 3.05) is 0 Å². The molecular weight excluding hydrogens is 410 g/mol. The zero-order valence-electron chi connectivity index (χ0n) is 21.1. The minimum Gasteiger partial charge on any atom is -0.504 e. The largest absolute Gasteiger partial charge is 0.504 e. The van der Waals surface area contributed by atoms with Crippen molar-refractivity contribution in [2.45, 2.75) is 92.0 Å². The third-order valence-corrected chi connectivity index (χ3v) is 11.3. The van der Waals surface area contributed by atoms with E-state index in [1.54, 1.807) is 6.08 Å². The number of rotatable bonds is 2. The minimum absolute atomic E-state index is 0.0205. The number of ketones is 1. The highest BCUT2D eigenvalue weighted by molar-refractivity contribution is 6.06. The van der Waals surface area contributed by atoms with Crippen LogP contribution in [0, 0.1) is 27.6 Å². The van der Waals surface area contributed by atoms with Crippen LogP contribution in [0.5, 0.6) is 0 Å². The minimum atomic E-state index is -0.264. The van der Waals surface area contributed by atoms with Gasteiger partial charge >= 0.3 is 0 Å². The summed E-state index contributed by atoms with van der Waals surface area (Å²) in [6.45, 7) is 13.9. The maximum absolute atomic E-state index is 12.6. The second-order valence-corrected chi connectivity index (χ2v) is 12.9. The Balaban J connectivity index is 1.63. The number of aliphatic hydroxyl groups is 1. The molecular formula is C29H39NO3. The Morgan fingerprint density at radius 3 is 2.39 bits per heavy atom. The molecule has 3 saturated carbocycles. The fraction of sp³-hybridized carbons (Fsp3) is 0.655. The molecule has 6 atom stereocenters. The topological polar surface area (TPSA) is 66.4 Å². The highest BCUT2D eigenvalue weighted by atomic mass is 16.3. The molecule has 5 rings (SSSR count). The van der Waals surface area contributed by atoms with E-state index in [0.29, 0.717) is 16.9 Å². The second kappa shape index (κ2) is 6.73. The van der Waals surface area contributed by atoms with Crippen LogP contribution in [0.25, 0.3) is 0 Å². The quantitative estimate of drug-likeness (QED) is 0.500. The van der Waals surface area contributed by atoms with Crippen molar-refractivity contribution >= 4 is 12.2 Å². The summed E-state index contributed by atoms with van der Waals surface area (Å²) in [7, 11) is 0. The summed E-state index contributed by atoms with van der Waals surface area (Å²) in [6.07, 6.45) is 14.7. The molecule has 0 aromatic carbocycles. The number of nitrogens with one attached hydrogen (secondary N) is 1. The van der Waals surface area contributed by atoms with Crippen LogP contribution in [0.1, 0.15) is 86.5 Å². The van der Waals surface area contributed by atoms with Crippen LogP contribution >= 0.6 is 0 Å². The Bertz CT molecular complexity index is 1080. The summed E-state index contributed by atoms with van der Waals surface area (Å²) in [6, 6.07) is 0. The summed E-state index contributed by atoms with van der Waals surface area (Å²) in [4.78, 5) is 24.0. The van der Waals surface area contributed by atoms with Gasteiger partial charge in [0.25, 0.3) is 0 Å². The van der Waals surface area contributed by atoms with Crippen LogP contribution in [0.15, 0.2) is 46.3 Å². The highest BCUT2D eigenvalue weighted by Crippen LogP contribution is 2.75. The Kier molecular flexibility index (Phi) is 4.63. The molecule has 0 aromatic rings. The van der Waals surface area contributed by atoms with Gasteiger partial charge in [0, 0.05) is 16.5 Å². The van der Waals surface area contributed by atoms with Crippen LogP contribution in [-0.2, 0) is 9.59 Å². The molecule has 0 bridgehead atoms. The van der Waals surface area contributed by atoms with E-state index in [9.17, 15) is 14.7 Å². The third kappa shape index (κ3) is 2.76.